The zero-order chi connectivity index (χ0) is 17.8. The summed E-state index contributed by atoms with van der Waals surface area (Å²) in [6.07, 6.45) is 3.73. The van der Waals surface area contributed by atoms with Crippen LogP contribution in [0.25, 0.3) is 0 Å². The van der Waals surface area contributed by atoms with Crippen LogP contribution in [-0.2, 0) is 6.54 Å². The summed E-state index contributed by atoms with van der Waals surface area (Å²) < 4.78 is 13.9. The first-order valence-corrected chi connectivity index (χ1v) is 9.09. The fourth-order valence-electron chi connectivity index (χ4n) is 3.52. The predicted molar refractivity (Wildman–Crippen MR) is 96.7 cm³/mol. The number of hydrogen-bond donors (Lipinski definition) is 2. The number of hydrogen-bond acceptors (Lipinski definition) is 3. The monoisotopic (exact) mass is 343 g/mol. The number of aliphatic imine (C=N–C) groups is 1. The third-order valence-corrected chi connectivity index (χ3v) is 4.91. The second-order valence-electron chi connectivity index (χ2n) is 6.97. The molecule has 5 nitrogen and oxygen atoms in total. The number of nitrogens with one attached hydrogen (secondary N) is 2. The van der Waals surface area contributed by atoms with E-state index in [1.54, 1.807) is 6.07 Å². The first-order valence-electron chi connectivity index (χ1n) is 9.09. The van der Waals surface area contributed by atoms with Gasteiger partial charge in [0.15, 0.2) is 5.96 Å². The van der Waals surface area contributed by atoms with Crippen LogP contribution in [0, 0.1) is 17.1 Å². The van der Waals surface area contributed by atoms with Gasteiger partial charge in [0.05, 0.1) is 18.2 Å². The molecule has 2 fully saturated rings. The third-order valence-electron chi connectivity index (χ3n) is 4.91. The molecule has 1 aliphatic carbocycles. The molecular weight excluding hydrogens is 317 g/mol. The Morgan fingerprint density at radius 2 is 2.24 bits per heavy atom. The third kappa shape index (κ3) is 4.49. The predicted octanol–water partition coefficient (Wildman–Crippen LogP) is 2.38. The van der Waals surface area contributed by atoms with Crippen LogP contribution < -0.4 is 10.6 Å². The molecule has 2 N–H and O–H groups in total. The van der Waals surface area contributed by atoms with E-state index in [9.17, 15) is 4.39 Å². The lowest BCUT2D eigenvalue weighted by Gasteiger charge is -2.20. The Morgan fingerprint density at radius 3 is 2.92 bits per heavy atom. The molecule has 2 atom stereocenters. The van der Waals surface area contributed by atoms with Crippen LogP contribution in [0.2, 0.25) is 0 Å². The van der Waals surface area contributed by atoms with E-state index in [1.165, 1.54) is 25.0 Å². The highest BCUT2D eigenvalue weighted by Gasteiger charge is 2.38. The summed E-state index contributed by atoms with van der Waals surface area (Å²) in [7, 11) is 0. The smallest absolute Gasteiger partial charge is 0.191 e. The summed E-state index contributed by atoms with van der Waals surface area (Å²) in [6.45, 7) is 6.30. The van der Waals surface area contributed by atoms with E-state index in [-0.39, 0.29) is 12.4 Å². The SMILES string of the molecule is CCNC(=NCc1cc(C#N)ccc1F)NC1CC(C)N(C2CC2)C1. The fourth-order valence-corrected chi connectivity index (χ4v) is 3.52. The number of likely N-dealkylation sites (tertiary alicyclic amines) is 1. The van der Waals surface area contributed by atoms with Crippen molar-refractivity contribution in [3.8, 4) is 6.07 Å². The lowest BCUT2D eigenvalue weighted by Crippen LogP contribution is -2.44. The van der Waals surface area contributed by atoms with Crippen molar-refractivity contribution in [3.05, 3.63) is 35.1 Å². The van der Waals surface area contributed by atoms with Crippen LogP contribution in [0.1, 0.15) is 44.2 Å². The van der Waals surface area contributed by atoms with E-state index in [0.29, 0.717) is 29.2 Å². The van der Waals surface area contributed by atoms with Gasteiger partial charge < -0.3 is 10.6 Å². The molecular formula is C19H26FN5. The van der Waals surface area contributed by atoms with Gasteiger partial charge in [-0.15, -0.1) is 0 Å². The van der Waals surface area contributed by atoms with E-state index in [0.717, 1.165) is 25.6 Å². The molecule has 1 saturated carbocycles. The molecule has 0 bridgehead atoms. The molecule has 1 aromatic rings. The molecule has 2 unspecified atom stereocenters. The molecule has 1 saturated heterocycles. The largest absolute Gasteiger partial charge is 0.357 e. The minimum atomic E-state index is -0.326. The molecule has 0 radical (unpaired) electrons. The number of guanidine groups is 1. The summed E-state index contributed by atoms with van der Waals surface area (Å²) in [4.78, 5) is 7.10. The zero-order valence-electron chi connectivity index (χ0n) is 14.9. The van der Waals surface area contributed by atoms with Gasteiger partial charge in [-0.05, 0) is 51.3 Å². The second-order valence-corrected chi connectivity index (χ2v) is 6.97. The van der Waals surface area contributed by atoms with E-state index in [2.05, 4.69) is 27.4 Å². The maximum Gasteiger partial charge on any atom is 0.191 e. The van der Waals surface area contributed by atoms with Gasteiger partial charge in [-0.3, -0.25) is 4.90 Å². The maximum absolute atomic E-state index is 13.9. The summed E-state index contributed by atoms with van der Waals surface area (Å²) in [6, 6.07) is 8.15. The molecule has 1 heterocycles. The lowest BCUT2D eigenvalue weighted by atomic mass is 10.1. The average Bonchev–Trinajstić information content (AvgIpc) is 3.37. The fraction of sp³-hybridized carbons (Fsp3) is 0.579. The Bertz CT molecular complexity index is 677. The van der Waals surface area contributed by atoms with E-state index in [1.807, 2.05) is 13.0 Å². The normalized spacial score (nSPS) is 24.2. The zero-order valence-corrected chi connectivity index (χ0v) is 14.9. The van der Waals surface area contributed by atoms with Crippen molar-refractivity contribution in [1.82, 2.24) is 15.5 Å². The molecule has 3 rings (SSSR count). The molecule has 1 aromatic carbocycles. The van der Waals surface area contributed by atoms with Gasteiger partial charge in [-0.2, -0.15) is 5.26 Å². The van der Waals surface area contributed by atoms with Crippen LogP contribution in [0.5, 0.6) is 0 Å². The molecule has 0 amide bonds. The van der Waals surface area contributed by atoms with Gasteiger partial charge in [0.1, 0.15) is 5.82 Å². The van der Waals surface area contributed by atoms with Crippen LogP contribution in [0.4, 0.5) is 4.39 Å². The standard InChI is InChI=1S/C19H26FN5/c1-3-22-19(23-11-15-9-14(10-21)4-7-18(15)20)24-16-8-13(2)25(12-16)17-5-6-17/h4,7,9,13,16-17H,3,5-6,8,11-12H2,1-2H3,(H2,22,23,24). The number of nitriles is 1. The second kappa shape index (κ2) is 7.83. The topological polar surface area (TPSA) is 63.5 Å². The average molecular weight is 343 g/mol. The number of nitrogens with zero attached hydrogens (tertiary/aromatic N) is 3. The number of benzene rings is 1. The van der Waals surface area contributed by atoms with Crippen LogP contribution in [0.15, 0.2) is 23.2 Å². The molecule has 2 aliphatic rings. The molecule has 0 spiro atoms. The van der Waals surface area contributed by atoms with Crippen molar-refractivity contribution in [2.75, 3.05) is 13.1 Å². The highest BCUT2D eigenvalue weighted by molar-refractivity contribution is 5.80. The van der Waals surface area contributed by atoms with E-state index < -0.39 is 0 Å². The lowest BCUT2D eigenvalue weighted by molar-refractivity contribution is 0.256. The maximum atomic E-state index is 13.9. The van der Waals surface area contributed by atoms with Crippen molar-refractivity contribution in [2.45, 2.75) is 57.8 Å². The van der Waals surface area contributed by atoms with Gasteiger partial charge in [0.2, 0.25) is 0 Å². The summed E-state index contributed by atoms with van der Waals surface area (Å²) in [5.41, 5.74) is 0.893. The Hall–Kier alpha value is -2.13. The summed E-state index contributed by atoms with van der Waals surface area (Å²) >= 11 is 0. The van der Waals surface area contributed by atoms with Crippen molar-refractivity contribution >= 4 is 5.96 Å². The van der Waals surface area contributed by atoms with Gasteiger partial charge in [0.25, 0.3) is 0 Å². The molecule has 0 aromatic heterocycles. The van der Waals surface area contributed by atoms with Crippen molar-refractivity contribution in [1.29, 1.82) is 5.26 Å². The van der Waals surface area contributed by atoms with Crippen molar-refractivity contribution < 1.29 is 4.39 Å². The minimum Gasteiger partial charge on any atom is -0.357 e. The number of halogens is 1. The van der Waals surface area contributed by atoms with Crippen LogP contribution >= 0.6 is 0 Å². The number of rotatable bonds is 5. The Morgan fingerprint density at radius 1 is 1.44 bits per heavy atom. The van der Waals surface area contributed by atoms with Gasteiger partial charge in [-0.25, -0.2) is 9.38 Å². The van der Waals surface area contributed by atoms with Crippen LogP contribution in [0.3, 0.4) is 0 Å². The first kappa shape index (κ1) is 17.7. The van der Waals surface area contributed by atoms with Crippen molar-refractivity contribution in [3.63, 3.8) is 0 Å². The summed E-state index contributed by atoms with van der Waals surface area (Å²) in [5.74, 6) is 0.382. The molecule has 1 aliphatic heterocycles. The van der Waals surface area contributed by atoms with E-state index in [4.69, 9.17) is 5.26 Å². The molecule has 134 valence electrons. The summed E-state index contributed by atoms with van der Waals surface area (Å²) in [5, 5.41) is 15.7. The van der Waals surface area contributed by atoms with Gasteiger partial charge >= 0.3 is 0 Å². The van der Waals surface area contributed by atoms with Gasteiger partial charge in [-0.1, -0.05) is 0 Å². The first-order chi connectivity index (χ1) is 12.1. The highest BCUT2D eigenvalue weighted by Crippen LogP contribution is 2.33. The van der Waals surface area contributed by atoms with E-state index >= 15 is 0 Å². The minimum absolute atomic E-state index is 0.214. The highest BCUT2D eigenvalue weighted by atomic mass is 19.1. The molecule has 6 heteroatoms. The Labute approximate surface area is 148 Å². The Kier molecular flexibility index (Phi) is 5.54. The Balaban J connectivity index is 1.64. The van der Waals surface area contributed by atoms with Crippen molar-refractivity contribution in [2.24, 2.45) is 4.99 Å². The van der Waals surface area contributed by atoms with Crippen LogP contribution in [-0.4, -0.2) is 42.1 Å². The van der Waals surface area contributed by atoms with Gasteiger partial charge in [0, 0.05) is 36.8 Å². The quantitative estimate of drug-likeness (QED) is 0.636. The molecule has 25 heavy (non-hydrogen) atoms.